The molecule has 2 aliphatic heterocycles. The number of fused-ring (bicyclic) bond motifs is 2. The van der Waals surface area contributed by atoms with Gasteiger partial charge in [-0.25, -0.2) is 30.4 Å². The summed E-state index contributed by atoms with van der Waals surface area (Å²) in [5, 5.41) is 0. The van der Waals surface area contributed by atoms with E-state index in [4.69, 9.17) is 24.7 Å². The van der Waals surface area contributed by atoms with Gasteiger partial charge in [0.1, 0.15) is 11.6 Å². The zero-order valence-electron chi connectivity index (χ0n) is 28.0. The Morgan fingerprint density at radius 2 is 1.10 bits per heavy atom. The van der Waals surface area contributed by atoms with Crippen LogP contribution in [0, 0.1) is 11.6 Å². The van der Waals surface area contributed by atoms with E-state index < -0.39 is 43.4 Å². The highest BCUT2D eigenvalue weighted by Gasteiger charge is 2.25. The smallest absolute Gasteiger partial charge is 0.337 e. The van der Waals surface area contributed by atoms with Crippen molar-refractivity contribution < 1.29 is 58.9 Å². The van der Waals surface area contributed by atoms with Crippen LogP contribution in [0.25, 0.3) is 0 Å². The predicted molar refractivity (Wildman–Crippen MR) is 185 cm³/mol. The molecule has 2 aliphatic rings. The molecule has 52 heavy (non-hydrogen) atoms. The van der Waals surface area contributed by atoms with E-state index in [0.717, 1.165) is 33.3 Å². The average Bonchev–Trinajstić information content (AvgIpc) is 3.78. The van der Waals surface area contributed by atoms with Crippen molar-refractivity contribution in [2.45, 2.75) is 13.1 Å². The van der Waals surface area contributed by atoms with Crippen LogP contribution >= 0.6 is 0 Å². The first-order valence-electron chi connectivity index (χ1n) is 15.2. The molecule has 0 atom stereocenters. The molecule has 0 unspecified atom stereocenters. The van der Waals surface area contributed by atoms with E-state index in [1.807, 2.05) is 0 Å². The number of hydrogen-bond donors (Lipinski definition) is 1. The molecule has 14 nitrogen and oxygen atoms in total. The number of carbonyl (C=O) groups is 2. The fourth-order valence-corrected chi connectivity index (χ4v) is 6.82. The van der Waals surface area contributed by atoms with Crippen LogP contribution in [-0.4, -0.2) is 68.3 Å². The Balaban J connectivity index is 0.000000201. The first-order chi connectivity index (χ1) is 24.6. The molecule has 0 fully saturated rings. The van der Waals surface area contributed by atoms with Crippen LogP contribution in [-0.2, 0) is 37.9 Å². The highest BCUT2D eigenvalue weighted by atomic mass is 32.2. The molecule has 2 heterocycles. The van der Waals surface area contributed by atoms with Crippen LogP contribution in [0.3, 0.4) is 0 Å². The lowest BCUT2D eigenvalue weighted by Crippen LogP contribution is -2.29. The van der Waals surface area contributed by atoms with Crippen molar-refractivity contribution >= 4 is 43.2 Å². The SMILES string of the molecule is COC(=O)c1ccc(CN(c2ccc3c(c2)OCO3)S(C)(=O)=O)c(F)c1.CS(=O)(=O)N(Cc1ccc(C(=O)CN)cc1F)c1ccc2c(c1)OCO2. The van der Waals surface area contributed by atoms with E-state index in [2.05, 4.69) is 4.74 Å². The molecule has 0 aliphatic carbocycles. The van der Waals surface area contributed by atoms with E-state index >= 15 is 0 Å². The lowest BCUT2D eigenvalue weighted by molar-refractivity contribution is 0.0600. The number of esters is 1. The van der Waals surface area contributed by atoms with Gasteiger partial charge in [0.2, 0.25) is 33.6 Å². The van der Waals surface area contributed by atoms with Gasteiger partial charge in [0.25, 0.3) is 0 Å². The summed E-state index contributed by atoms with van der Waals surface area (Å²) in [6, 6.07) is 16.9. The van der Waals surface area contributed by atoms with Crippen molar-refractivity contribution in [2.24, 2.45) is 5.73 Å². The maximum atomic E-state index is 14.4. The van der Waals surface area contributed by atoms with Gasteiger partial charge in [0, 0.05) is 28.8 Å². The Morgan fingerprint density at radius 3 is 1.50 bits per heavy atom. The van der Waals surface area contributed by atoms with Crippen molar-refractivity contribution in [1.82, 2.24) is 0 Å². The normalized spacial score (nSPS) is 12.8. The topological polar surface area (TPSA) is 181 Å². The molecule has 276 valence electrons. The zero-order chi connectivity index (χ0) is 37.8. The van der Waals surface area contributed by atoms with E-state index in [1.165, 1.54) is 43.5 Å². The summed E-state index contributed by atoms with van der Waals surface area (Å²) < 4.78 is 105. The Bertz CT molecular complexity index is 2080. The highest BCUT2D eigenvalue weighted by Crippen LogP contribution is 2.38. The molecule has 0 bridgehead atoms. The number of nitrogens with zero attached hydrogens (tertiary/aromatic N) is 2. The number of hydrogen-bond acceptors (Lipinski definition) is 12. The molecule has 2 N–H and O–H groups in total. The molecular formula is C34H33F2N3O11S2. The zero-order valence-corrected chi connectivity index (χ0v) is 29.6. The molecule has 18 heteroatoms. The highest BCUT2D eigenvalue weighted by molar-refractivity contribution is 7.92. The number of halogens is 2. The monoisotopic (exact) mass is 761 g/mol. The number of Topliss-reactive ketones (excluding diaryl/α,β-unsaturated/α-hetero) is 1. The molecule has 4 aromatic carbocycles. The van der Waals surface area contributed by atoms with Crippen LogP contribution in [0.2, 0.25) is 0 Å². The molecule has 0 spiro atoms. The number of nitrogens with two attached hydrogens (primary N) is 1. The van der Waals surface area contributed by atoms with Crippen molar-refractivity contribution in [3.63, 3.8) is 0 Å². The molecular weight excluding hydrogens is 729 g/mol. The lowest BCUT2D eigenvalue weighted by atomic mass is 10.1. The largest absolute Gasteiger partial charge is 0.465 e. The molecule has 0 amide bonds. The van der Waals surface area contributed by atoms with Crippen molar-refractivity contribution in [2.75, 3.05) is 48.4 Å². The number of anilines is 2. The summed E-state index contributed by atoms with van der Waals surface area (Å²) in [6.45, 7) is -0.594. The van der Waals surface area contributed by atoms with Gasteiger partial charge in [-0.05, 0) is 42.5 Å². The second-order valence-electron chi connectivity index (χ2n) is 11.3. The van der Waals surface area contributed by atoms with Gasteiger partial charge < -0.3 is 29.4 Å². The molecule has 6 rings (SSSR count). The first kappa shape index (κ1) is 37.8. The molecule has 0 aromatic heterocycles. The fraction of sp³-hybridized carbons (Fsp3) is 0.235. The van der Waals surface area contributed by atoms with Gasteiger partial charge in [0.15, 0.2) is 28.8 Å². The number of ether oxygens (including phenoxy) is 5. The molecule has 0 saturated carbocycles. The average molecular weight is 762 g/mol. The summed E-state index contributed by atoms with van der Waals surface area (Å²) in [5.74, 6) is -0.606. The van der Waals surface area contributed by atoms with Gasteiger partial charge in [-0.1, -0.05) is 18.2 Å². The maximum Gasteiger partial charge on any atom is 0.337 e. The number of methoxy groups -OCH3 is 1. The van der Waals surface area contributed by atoms with Gasteiger partial charge in [-0.2, -0.15) is 0 Å². The molecule has 0 saturated heterocycles. The number of ketones is 1. The van der Waals surface area contributed by atoms with E-state index in [0.29, 0.717) is 34.4 Å². The van der Waals surface area contributed by atoms with Crippen molar-refractivity contribution in [3.8, 4) is 23.0 Å². The van der Waals surface area contributed by atoms with Crippen molar-refractivity contribution in [3.05, 3.63) is 107 Å². The summed E-state index contributed by atoms with van der Waals surface area (Å²) in [5.41, 5.74) is 6.32. The van der Waals surface area contributed by atoms with E-state index in [1.54, 1.807) is 24.3 Å². The third-order valence-electron chi connectivity index (χ3n) is 7.75. The Kier molecular flexibility index (Phi) is 11.2. The van der Waals surface area contributed by atoms with E-state index in [-0.39, 0.29) is 55.5 Å². The van der Waals surface area contributed by atoms with Crippen LogP contribution in [0.5, 0.6) is 23.0 Å². The summed E-state index contributed by atoms with van der Waals surface area (Å²) in [7, 11) is -6.21. The van der Waals surface area contributed by atoms with Gasteiger partial charge >= 0.3 is 5.97 Å². The number of rotatable bonds is 11. The Labute approximate surface area is 298 Å². The molecule has 4 aromatic rings. The third-order valence-corrected chi connectivity index (χ3v) is 10.0. The van der Waals surface area contributed by atoms with E-state index in [9.17, 15) is 35.2 Å². The summed E-state index contributed by atoms with van der Waals surface area (Å²) in [4.78, 5) is 23.0. The first-order valence-corrected chi connectivity index (χ1v) is 18.9. The predicted octanol–water partition coefficient (Wildman–Crippen LogP) is 3.97. The summed E-state index contributed by atoms with van der Waals surface area (Å²) >= 11 is 0. The Morgan fingerprint density at radius 1 is 0.673 bits per heavy atom. The second kappa shape index (κ2) is 15.4. The van der Waals surface area contributed by atoms with Gasteiger partial charge in [-0.3, -0.25) is 13.4 Å². The lowest BCUT2D eigenvalue weighted by Gasteiger charge is -2.23. The maximum absolute atomic E-state index is 14.4. The minimum Gasteiger partial charge on any atom is -0.465 e. The Hall–Kier alpha value is -5.46. The van der Waals surface area contributed by atoms with Gasteiger partial charge in [-0.15, -0.1) is 0 Å². The number of benzene rings is 4. The van der Waals surface area contributed by atoms with Crippen LogP contribution in [0.15, 0.2) is 72.8 Å². The summed E-state index contributed by atoms with van der Waals surface area (Å²) in [6.07, 6.45) is 2.06. The van der Waals surface area contributed by atoms with Crippen LogP contribution < -0.4 is 33.3 Å². The second-order valence-corrected chi connectivity index (χ2v) is 15.2. The number of carbonyl (C=O) groups excluding carboxylic acids is 2. The number of sulfonamides is 2. The fourth-order valence-electron chi connectivity index (χ4n) is 5.08. The quantitative estimate of drug-likeness (QED) is 0.172. The third kappa shape index (κ3) is 8.70. The van der Waals surface area contributed by atoms with Gasteiger partial charge in [0.05, 0.1) is 56.2 Å². The van der Waals surface area contributed by atoms with Crippen molar-refractivity contribution in [1.29, 1.82) is 0 Å². The van der Waals surface area contributed by atoms with Crippen LogP contribution in [0.1, 0.15) is 31.8 Å². The van der Waals surface area contributed by atoms with Crippen LogP contribution in [0.4, 0.5) is 20.2 Å². The minimum atomic E-state index is -3.70. The molecule has 0 radical (unpaired) electrons. The minimum absolute atomic E-state index is 0.0442. The standard InChI is InChI=1S/C17H17FN2O5S.C17H16FNO6S/c1-26(22,23)20(13-4-5-16-17(7-13)25-10-24-16)9-12-3-2-11(6-14(12)18)15(21)8-19;1-23-17(20)11-3-4-12(14(18)7-11)9-19(26(2,21)22)13-5-6-15-16(8-13)25-10-24-15/h2-7H,8-10,19H2,1H3;3-8H,9-10H2,1-2H3.